The van der Waals surface area contributed by atoms with Crippen molar-refractivity contribution in [3.63, 3.8) is 0 Å². The van der Waals surface area contributed by atoms with E-state index in [1.54, 1.807) is 23.0 Å². The minimum Gasteiger partial charge on any atom is -0.350 e. The number of nitrogens with zero attached hydrogens (tertiary/aromatic N) is 2. The molecule has 2 aromatic rings. The predicted octanol–water partition coefficient (Wildman–Crippen LogP) is 2.05. The summed E-state index contributed by atoms with van der Waals surface area (Å²) in [6.45, 7) is 7.26. The first-order valence-corrected chi connectivity index (χ1v) is 9.36. The zero-order valence-electron chi connectivity index (χ0n) is 16.1. The van der Waals surface area contributed by atoms with Crippen LogP contribution in [-0.4, -0.2) is 40.7 Å². The van der Waals surface area contributed by atoms with Crippen LogP contribution >= 0.6 is 0 Å². The van der Waals surface area contributed by atoms with Crippen LogP contribution in [0.1, 0.15) is 42.6 Å². The molecule has 1 saturated heterocycles. The van der Waals surface area contributed by atoms with Crippen LogP contribution in [0.5, 0.6) is 0 Å². The first kappa shape index (κ1) is 19.1. The second-order valence-electron chi connectivity index (χ2n) is 7.34. The van der Waals surface area contributed by atoms with Gasteiger partial charge in [0.1, 0.15) is 5.54 Å². The fourth-order valence-corrected chi connectivity index (χ4v) is 3.51. The first-order valence-electron chi connectivity index (χ1n) is 9.36. The third-order valence-electron chi connectivity index (χ3n) is 4.94. The number of rotatable bonds is 5. The summed E-state index contributed by atoms with van der Waals surface area (Å²) < 4.78 is 1.76. The van der Waals surface area contributed by atoms with Crippen molar-refractivity contribution in [2.45, 2.75) is 45.2 Å². The number of amides is 2. The Bertz CT molecular complexity index is 808. The summed E-state index contributed by atoms with van der Waals surface area (Å²) in [5.41, 5.74) is 1.43. The summed E-state index contributed by atoms with van der Waals surface area (Å²) in [7, 11) is 0. The largest absolute Gasteiger partial charge is 0.350 e. The fourth-order valence-electron chi connectivity index (χ4n) is 3.51. The number of piperidine rings is 1. The van der Waals surface area contributed by atoms with Gasteiger partial charge in [0, 0.05) is 29.7 Å². The molecule has 1 aromatic carbocycles. The van der Waals surface area contributed by atoms with Crippen molar-refractivity contribution >= 4 is 17.5 Å². The Labute approximate surface area is 159 Å². The zero-order valence-corrected chi connectivity index (χ0v) is 16.1. The first-order chi connectivity index (χ1) is 12.9. The van der Waals surface area contributed by atoms with E-state index in [9.17, 15) is 9.59 Å². The van der Waals surface area contributed by atoms with Gasteiger partial charge in [-0.1, -0.05) is 0 Å². The van der Waals surface area contributed by atoms with Crippen molar-refractivity contribution < 1.29 is 9.59 Å². The van der Waals surface area contributed by atoms with Gasteiger partial charge in [0.2, 0.25) is 0 Å². The number of anilines is 1. The topological polar surface area (TPSA) is 88.1 Å². The quantitative estimate of drug-likeness (QED) is 0.753. The summed E-state index contributed by atoms with van der Waals surface area (Å²) in [4.78, 5) is 25.4. The molecule has 7 heteroatoms. The summed E-state index contributed by atoms with van der Waals surface area (Å²) in [5, 5.41) is 13.6. The van der Waals surface area contributed by atoms with Gasteiger partial charge >= 0.3 is 0 Å². The molecular formula is C20H27N5O2. The van der Waals surface area contributed by atoms with E-state index in [4.69, 9.17) is 0 Å². The molecule has 1 aromatic heterocycles. The van der Waals surface area contributed by atoms with E-state index in [0.29, 0.717) is 24.1 Å². The van der Waals surface area contributed by atoms with Gasteiger partial charge in [0.25, 0.3) is 11.8 Å². The number of nitrogens with one attached hydrogen (secondary N) is 3. The van der Waals surface area contributed by atoms with E-state index in [0.717, 1.165) is 18.7 Å². The van der Waals surface area contributed by atoms with E-state index in [-0.39, 0.29) is 17.9 Å². The molecule has 0 spiro atoms. The van der Waals surface area contributed by atoms with Gasteiger partial charge in [-0.3, -0.25) is 14.3 Å². The molecule has 144 valence electrons. The molecule has 2 amide bonds. The number of carbonyl (C=O) groups is 2. The Balaban J connectivity index is 1.80. The average molecular weight is 369 g/mol. The molecule has 0 unspecified atom stereocenters. The standard InChI is InChI=1S/C20H27N5O2/c1-14(2)23-18(26)17-6-5-16(13-15(17)3)24-19(27)20(7-10-21-11-8-20)25-12-4-9-22-25/h4-6,9,12-14,21H,7-8,10-11H2,1-3H3,(H,23,26)(H,24,27). The summed E-state index contributed by atoms with van der Waals surface area (Å²) >= 11 is 0. The Kier molecular flexibility index (Phi) is 5.60. The highest BCUT2D eigenvalue weighted by Gasteiger charge is 2.42. The number of hydrogen-bond acceptors (Lipinski definition) is 4. The van der Waals surface area contributed by atoms with E-state index in [2.05, 4.69) is 21.0 Å². The van der Waals surface area contributed by atoms with E-state index < -0.39 is 5.54 Å². The molecule has 1 fully saturated rings. The molecule has 0 radical (unpaired) electrons. The maximum absolute atomic E-state index is 13.2. The minimum absolute atomic E-state index is 0.0742. The minimum atomic E-state index is -0.698. The molecule has 1 aliphatic heterocycles. The normalized spacial score (nSPS) is 16.1. The van der Waals surface area contributed by atoms with Gasteiger partial charge in [-0.25, -0.2) is 0 Å². The van der Waals surface area contributed by atoms with Crippen LogP contribution in [0.3, 0.4) is 0 Å². The summed E-state index contributed by atoms with van der Waals surface area (Å²) in [6, 6.07) is 7.28. The number of carbonyl (C=O) groups excluding carboxylic acids is 2. The lowest BCUT2D eigenvalue weighted by atomic mass is 9.87. The van der Waals surface area contributed by atoms with Crippen LogP contribution < -0.4 is 16.0 Å². The van der Waals surface area contributed by atoms with Crippen LogP contribution in [0, 0.1) is 6.92 Å². The van der Waals surface area contributed by atoms with Gasteiger partial charge in [-0.05, 0) is 76.5 Å². The summed E-state index contributed by atoms with van der Waals surface area (Å²) in [6.07, 6.45) is 4.89. The highest BCUT2D eigenvalue weighted by atomic mass is 16.2. The van der Waals surface area contributed by atoms with Crippen molar-refractivity contribution in [3.05, 3.63) is 47.8 Å². The third-order valence-corrected chi connectivity index (χ3v) is 4.94. The molecule has 7 nitrogen and oxygen atoms in total. The maximum Gasteiger partial charge on any atom is 0.252 e. The molecule has 3 rings (SSSR count). The van der Waals surface area contributed by atoms with Crippen molar-refractivity contribution in [2.75, 3.05) is 18.4 Å². The Hall–Kier alpha value is -2.67. The molecule has 0 bridgehead atoms. The molecule has 1 aliphatic rings. The molecule has 27 heavy (non-hydrogen) atoms. The molecule has 0 saturated carbocycles. The molecule has 0 atom stereocenters. The lowest BCUT2D eigenvalue weighted by molar-refractivity contribution is -0.126. The number of benzene rings is 1. The van der Waals surface area contributed by atoms with Crippen LogP contribution in [-0.2, 0) is 10.3 Å². The van der Waals surface area contributed by atoms with Gasteiger partial charge < -0.3 is 16.0 Å². The second kappa shape index (κ2) is 7.92. The lowest BCUT2D eigenvalue weighted by Gasteiger charge is -2.36. The van der Waals surface area contributed by atoms with Crippen molar-refractivity contribution in [1.82, 2.24) is 20.4 Å². The van der Waals surface area contributed by atoms with Gasteiger partial charge in [-0.15, -0.1) is 0 Å². The van der Waals surface area contributed by atoms with Crippen molar-refractivity contribution in [3.8, 4) is 0 Å². The maximum atomic E-state index is 13.2. The van der Waals surface area contributed by atoms with Crippen molar-refractivity contribution in [2.24, 2.45) is 0 Å². The van der Waals surface area contributed by atoms with E-state index in [1.165, 1.54) is 0 Å². The predicted molar refractivity (Wildman–Crippen MR) is 105 cm³/mol. The molecule has 3 N–H and O–H groups in total. The smallest absolute Gasteiger partial charge is 0.252 e. The molecular weight excluding hydrogens is 342 g/mol. The third kappa shape index (κ3) is 4.03. The Morgan fingerprint density at radius 3 is 2.59 bits per heavy atom. The van der Waals surface area contributed by atoms with Crippen LogP contribution in [0.15, 0.2) is 36.7 Å². The number of hydrogen-bond donors (Lipinski definition) is 3. The van der Waals surface area contributed by atoms with Gasteiger partial charge in [-0.2, -0.15) is 5.10 Å². The van der Waals surface area contributed by atoms with Gasteiger partial charge in [0.15, 0.2) is 0 Å². The number of aryl methyl sites for hydroxylation is 1. The van der Waals surface area contributed by atoms with E-state index in [1.807, 2.05) is 39.1 Å². The van der Waals surface area contributed by atoms with Crippen LogP contribution in [0.4, 0.5) is 5.69 Å². The van der Waals surface area contributed by atoms with Gasteiger partial charge in [0.05, 0.1) is 0 Å². The van der Waals surface area contributed by atoms with Crippen molar-refractivity contribution in [1.29, 1.82) is 0 Å². The zero-order chi connectivity index (χ0) is 19.4. The number of aromatic nitrogens is 2. The SMILES string of the molecule is Cc1cc(NC(=O)C2(n3cccn3)CCNCC2)ccc1C(=O)NC(C)C. The second-order valence-corrected chi connectivity index (χ2v) is 7.34. The average Bonchev–Trinajstić information content (AvgIpc) is 3.17. The highest BCUT2D eigenvalue weighted by molar-refractivity contribution is 5.99. The molecule has 2 heterocycles. The Morgan fingerprint density at radius 2 is 2.00 bits per heavy atom. The Morgan fingerprint density at radius 1 is 1.26 bits per heavy atom. The lowest BCUT2D eigenvalue weighted by Crippen LogP contribution is -2.52. The van der Waals surface area contributed by atoms with E-state index >= 15 is 0 Å². The van der Waals surface area contributed by atoms with Crippen LogP contribution in [0.25, 0.3) is 0 Å². The fraction of sp³-hybridized carbons (Fsp3) is 0.450. The molecule has 0 aliphatic carbocycles. The highest BCUT2D eigenvalue weighted by Crippen LogP contribution is 2.29. The van der Waals surface area contributed by atoms with Crippen LogP contribution in [0.2, 0.25) is 0 Å². The summed E-state index contributed by atoms with van der Waals surface area (Å²) in [5.74, 6) is -0.182. The monoisotopic (exact) mass is 369 g/mol.